The zero-order valence-corrected chi connectivity index (χ0v) is 15.9. The van der Waals surface area contributed by atoms with E-state index in [1.807, 2.05) is 24.3 Å². The summed E-state index contributed by atoms with van der Waals surface area (Å²) in [7, 11) is 3.17. The molecule has 26 heavy (non-hydrogen) atoms. The van der Waals surface area contributed by atoms with Gasteiger partial charge in [-0.25, -0.2) is 4.79 Å². The number of benzene rings is 2. The van der Waals surface area contributed by atoms with Crippen LogP contribution in [0.2, 0.25) is 5.02 Å². The van der Waals surface area contributed by atoms with Crippen LogP contribution < -0.4 is 14.8 Å². The number of methoxy groups -OCH3 is 2. The molecule has 2 aromatic carbocycles. The van der Waals surface area contributed by atoms with Crippen LogP contribution in [0.5, 0.6) is 11.5 Å². The SMILES string of the molecule is COc1ccc(/C=C2/NC(=O)N(Cc3ccc(Cl)cc3)C2=S)c(OC)c1. The lowest BCUT2D eigenvalue weighted by atomic mass is 10.1. The van der Waals surface area contributed by atoms with Crippen molar-refractivity contribution in [2.75, 3.05) is 14.2 Å². The Kier molecular flexibility index (Phi) is 5.44. The fourth-order valence-corrected chi connectivity index (χ4v) is 2.96. The Labute approximate surface area is 162 Å². The monoisotopic (exact) mass is 388 g/mol. The lowest BCUT2D eigenvalue weighted by molar-refractivity contribution is 0.228. The van der Waals surface area contributed by atoms with Crippen LogP contribution in [0.25, 0.3) is 6.08 Å². The molecule has 7 heteroatoms. The van der Waals surface area contributed by atoms with Gasteiger partial charge in [0.15, 0.2) is 0 Å². The highest BCUT2D eigenvalue weighted by atomic mass is 35.5. The molecule has 0 atom stereocenters. The number of nitrogens with zero attached hydrogens (tertiary/aromatic N) is 1. The number of hydrogen-bond acceptors (Lipinski definition) is 4. The standard InChI is InChI=1S/C19H17ClN2O3S/c1-24-15-8-5-13(17(10-15)25-2)9-16-18(26)22(19(23)21-16)11-12-3-6-14(20)7-4-12/h3-10H,11H2,1-2H3,(H,21,23)/b16-9+. The Morgan fingerprint density at radius 3 is 2.54 bits per heavy atom. The predicted molar refractivity (Wildman–Crippen MR) is 106 cm³/mol. The second-order valence-corrected chi connectivity index (χ2v) is 6.44. The minimum atomic E-state index is -0.260. The molecule has 0 spiro atoms. The molecule has 134 valence electrons. The molecule has 0 unspecified atom stereocenters. The van der Waals surface area contributed by atoms with E-state index in [9.17, 15) is 4.79 Å². The number of nitrogens with one attached hydrogen (secondary N) is 1. The summed E-state index contributed by atoms with van der Waals surface area (Å²) in [5.74, 6) is 1.32. The van der Waals surface area contributed by atoms with Gasteiger partial charge in [0.2, 0.25) is 0 Å². The third kappa shape index (κ3) is 3.81. The maximum atomic E-state index is 12.3. The molecule has 3 rings (SSSR count). The largest absolute Gasteiger partial charge is 0.497 e. The van der Waals surface area contributed by atoms with Crippen LogP contribution >= 0.6 is 23.8 Å². The normalized spacial score (nSPS) is 15.3. The first kappa shape index (κ1) is 18.2. The van der Waals surface area contributed by atoms with Crippen molar-refractivity contribution < 1.29 is 14.3 Å². The smallest absolute Gasteiger partial charge is 0.327 e. The van der Waals surface area contributed by atoms with E-state index in [1.165, 1.54) is 4.90 Å². The second kappa shape index (κ2) is 7.76. The molecule has 0 aliphatic carbocycles. The summed E-state index contributed by atoms with van der Waals surface area (Å²) in [5, 5.41) is 3.46. The number of hydrogen-bond donors (Lipinski definition) is 1. The van der Waals surface area contributed by atoms with Crippen molar-refractivity contribution >= 4 is 40.9 Å². The van der Waals surface area contributed by atoms with Crippen molar-refractivity contribution in [3.63, 3.8) is 0 Å². The average molecular weight is 389 g/mol. The summed E-state index contributed by atoms with van der Waals surface area (Å²) in [5.41, 5.74) is 2.29. The van der Waals surface area contributed by atoms with Gasteiger partial charge in [0, 0.05) is 16.7 Å². The van der Waals surface area contributed by atoms with E-state index in [4.69, 9.17) is 33.3 Å². The summed E-state index contributed by atoms with van der Waals surface area (Å²) in [4.78, 5) is 14.3. The lowest BCUT2D eigenvalue weighted by Crippen LogP contribution is -2.29. The van der Waals surface area contributed by atoms with Crippen molar-refractivity contribution in [2.45, 2.75) is 6.54 Å². The molecule has 0 aromatic heterocycles. The molecule has 2 amide bonds. The summed E-state index contributed by atoms with van der Waals surface area (Å²) in [6, 6.07) is 12.5. The molecule has 0 radical (unpaired) electrons. The van der Waals surface area contributed by atoms with Gasteiger partial charge in [0.1, 0.15) is 16.5 Å². The van der Waals surface area contributed by atoms with Gasteiger partial charge >= 0.3 is 6.03 Å². The number of rotatable bonds is 5. The fraction of sp³-hybridized carbons (Fsp3) is 0.158. The van der Waals surface area contributed by atoms with Gasteiger partial charge in [-0.3, -0.25) is 4.90 Å². The highest BCUT2D eigenvalue weighted by Gasteiger charge is 2.30. The number of carbonyl (C=O) groups is 1. The quantitative estimate of drug-likeness (QED) is 0.614. The molecule has 1 aliphatic heterocycles. The van der Waals surface area contributed by atoms with E-state index in [0.717, 1.165) is 11.1 Å². The minimum absolute atomic E-state index is 0.260. The van der Waals surface area contributed by atoms with Crippen LogP contribution in [0, 0.1) is 0 Å². The van der Waals surface area contributed by atoms with Gasteiger partial charge in [-0.15, -0.1) is 0 Å². The van der Waals surface area contributed by atoms with E-state index in [1.54, 1.807) is 38.5 Å². The number of thiocarbonyl (C=S) groups is 1. The number of halogens is 1. The van der Waals surface area contributed by atoms with Crippen molar-refractivity contribution in [2.24, 2.45) is 0 Å². The molecular weight excluding hydrogens is 372 g/mol. The van der Waals surface area contributed by atoms with E-state index in [0.29, 0.717) is 33.8 Å². The van der Waals surface area contributed by atoms with E-state index in [2.05, 4.69) is 5.32 Å². The summed E-state index contributed by atoms with van der Waals surface area (Å²) < 4.78 is 10.6. The number of amides is 2. The van der Waals surface area contributed by atoms with E-state index >= 15 is 0 Å². The topological polar surface area (TPSA) is 50.8 Å². The average Bonchev–Trinajstić information content (AvgIpc) is 2.91. The van der Waals surface area contributed by atoms with Crippen LogP contribution in [0.3, 0.4) is 0 Å². The van der Waals surface area contributed by atoms with Gasteiger partial charge in [-0.1, -0.05) is 36.0 Å². The van der Waals surface area contributed by atoms with E-state index in [-0.39, 0.29) is 6.03 Å². The van der Waals surface area contributed by atoms with Crippen LogP contribution in [0.15, 0.2) is 48.2 Å². The van der Waals surface area contributed by atoms with Crippen LogP contribution in [0.1, 0.15) is 11.1 Å². The molecule has 1 N–H and O–H groups in total. The van der Waals surface area contributed by atoms with Gasteiger partial charge in [0.25, 0.3) is 0 Å². The minimum Gasteiger partial charge on any atom is -0.497 e. The Bertz CT molecular complexity index is 881. The number of carbonyl (C=O) groups excluding carboxylic acids is 1. The van der Waals surface area contributed by atoms with Gasteiger partial charge in [-0.2, -0.15) is 0 Å². The summed E-state index contributed by atoms with van der Waals surface area (Å²) in [6.07, 6.45) is 1.79. The molecular formula is C19H17ClN2O3S. The predicted octanol–water partition coefficient (Wildman–Crippen LogP) is 4.25. The summed E-state index contributed by atoms with van der Waals surface area (Å²) >= 11 is 11.4. The van der Waals surface area contributed by atoms with E-state index < -0.39 is 0 Å². The van der Waals surface area contributed by atoms with Crippen LogP contribution in [-0.4, -0.2) is 30.1 Å². The number of urea groups is 1. The third-order valence-electron chi connectivity index (χ3n) is 3.96. The first-order chi connectivity index (χ1) is 12.5. The first-order valence-electron chi connectivity index (χ1n) is 7.83. The molecule has 1 fully saturated rings. The highest BCUT2D eigenvalue weighted by molar-refractivity contribution is 7.80. The van der Waals surface area contributed by atoms with Crippen LogP contribution in [-0.2, 0) is 6.54 Å². The fourth-order valence-electron chi connectivity index (χ4n) is 2.58. The number of ether oxygens (including phenoxy) is 2. The second-order valence-electron chi connectivity index (χ2n) is 5.61. The molecule has 2 aromatic rings. The van der Waals surface area contributed by atoms with Crippen molar-refractivity contribution in [3.05, 3.63) is 64.3 Å². The molecule has 5 nitrogen and oxygen atoms in total. The maximum Gasteiger partial charge on any atom is 0.327 e. The third-order valence-corrected chi connectivity index (χ3v) is 4.65. The van der Waals surface area contributed by atoms with Gasteiger partial charge < -0.3 is 14.8 Å². The Balaban J connectivity index is 1.84. The Morgan fingerprint density at radius 2 is 1.88 bits per heavy atom. The summed E-state index contributed by atoms with van der Waals surface area (Å²) in [6.45, 7) is 0.374. The lowest BCUT2D eigenvalue weighted by Gasteiger charge is -2.14. The Morgan fingerprint density at radius 1 is 1.15 bits per heavy atom. The van der Waals surface area contributed by atoms with Crippen molar-refractivity contribution in [1.29, 1.82) is 0 Å². The zero-order chi connectivity index (χ0) is 18.7. The van der Waals surface area contributed by atoms with Crippen LogP contribution in [0.4, 0.5) is 4.79 Å². The molecule has 1 heterocycles. The van der Waals surface area contributed by atoms with Gasteiger partial charge in [-0.05, 0) is 35.9 Å². The van der Waals surface area contributed by atoms with Crippen molar-refractivity contribution in [1.82, 2.24) is 10.2 Å². The highest BCUT2D eigenvalue weighted by Crippen LogP contribution is 2.28. The first-order valence-corrected chi connectivity index (χ1v) is 8.61. The molecule has 0 saturated carbocycles. The zero-order valence-electron chi connectivity index (χ0n) is 14.3. The Hall–Kier alpha value is -2.57. The molecule has 1 saturated heterocycles. The van der Waals surface area contributed by atoms with Gasteiger partial charge in [0.05, 0.1) is 26.5 Å². The molecule has 1 aliphatic rings. The maximum absolute atomic E-state index is 12.3. The molecule has 0 bridgehead atoms. The van der Waals surface area contributed by atoms with Crippen molar-refractivity contribution in [3.8, 4) is 11.5 Å².